The Kier molecular flexibility index (Phi) is 5.21. The van der Waals surface area contributed by atoms with Gasteiger partial charge < -0.3 is 10.0 Å². The van der Waals surface area contributed by atoms with Gasteiger partial charge in [-0.2, -0.15) is 0 Å². The minimum absolute atomic E-state index is 0.115. The summed E-state index contributed by atoms with van der Waals surface area (Å²) in [7, 11) is 0. The van der Waals surface area contributed by atoms with Crippen LogP contribution in [0.1, 0.15) is 42.5 Å². The molecule has 1 N–H and O–H groups in total. The van der Waals surface area contributed by atoms with Crippen molar-refractivity contribution in [2.75, 3.05) is 6.54 Å². The highest BCUT2D eigenvalue weighted by Crippen LogP contribution is 2.39. The van der Waals surface area contributed by atoms with Crippen molar-refractivity contribution in [3.63, 3.8) is 0 Å². The van der Waals surface area contributed by atoms with Crippen LogP contribution in [0.5, 0.6) is 0 Å². The van der Waals surface area contributed by atoms with Crippen molar-refractivity contribution in [2.45, 2.75) is 32.7 Å². The quantitative estimate of drug-likeness (QED) is 0.499. The van der Waals surface area contributed by atoms with E-state index in [2.05, 4.69) is 0 Å². The van der Waals surface area contributed by atoms with Gasteiger partial charge in [-0.15, -0.1) is 0 Å². The van der Waals surface area contributed by atoms with E-state index in [9.17, 15) is 14.7 Å². The highest BCUT2D eigenvalue weighted by Gasteiger charge is 2.45. The highest BCUT2D eigenvalue weighted by atomic mass is 16.3. The van der Waals surface area contributed by atoms with Crippen LogP contribution in [-0.4, -0.2) is 28.2 Å². The zero-order valence-electron chi connectivity index (χ0n) is 15.1. The summed E-state index contributed by atoms with van der Waals surface area (Å²) in [6.07, 6.45) is 1.73. The molecule has 0 spiro atoms. The van der Waals surface area contributed by atoms with Gasteiger partial charge in [-0.1, -0.05) is 73.5 Å². The molecule has 1 aliphatic rings. The van der Waals surface area contributed by atoms with Crippen LogP contribution in [0.3, 0.4) is 0 Å². The number of aliphatic hydroxyl groups excluding tert-OH is 1. The number of rotatable bonds is 5. The van der Waals surface area contributed by atoms with Gasteiger partial charge in [0, 0.05) is 12.1 Å². The van der Waals surface area contributed by atoms with Crippen LogP contribution >= 0.6 is 0 Å². The largest absolute Gasteiger partial charge is 0.507 e. The summed E-state index contributed by atoms with van der Waals surface area (Å²) >= 11 is 0. The van der Waals surface area contributed by atoms with Gasteiger partial charge in [0.1, 0.15) is 5.76 Å². The molecule has 0 aliphatic carbocycles. The van der Waals surface area contributed by atoms with Gasteiger partial charge in [0.05, 0.1) is 11.6 Å². The molecule has 1 aliphatic heterocycles. The summed E-state index contributed by atoms with van der Waals surface area (Å²) in [6, 6.07) is 16.2. The number of carbonyl (C=O) groups excluding carboxylic acids is 2. The van der Waals surface area contributed by atoms with Crippen LogP contribution in [0.25, 0.3) is 5.76 Å². The first-order valence-corrected chi connectivity index (χ1v) is 8.95. The molecule has 1 unspecified atom stereocenters. The number of ketones is 1. The first kappa shape index (κ1) is 17.9. The molecule has 0 aromatic heterocycles. The standard InChI is InChI=1S/C22H23NO3/c1-3-4-14-23-19(16-8-6-5-7-9-16)18(21(25)22(23)26)20(24)17-12-10-15(2)11-13-17/h5-13,19,24H,3-4,14H2,1-2H3/b20-18+. The number of aryl methyl sites for hydroxylation is 1. The Morgan fingerprint density at radius 1 is 1.04 bits per heavy atom. The van der Waals surface area contributed by atoms with E-state index in [0.29, 0.717) is 12.1 Å². The van der Waals surface area contributed by atoms with Gasteiger partial charge in [0.2, 0.25) is 0 Å². The zero-order valence-corrected chi connectivity index (χ0v) is 15.1. The predicted molar refractivity (Wildman–Crippen MR) is 102 cm³/mol. The van der Waals surface area contributed by atoms with Crippen LogP contribution in [0.2, 0.25) is 0 Å². The van der Waals surface area contributed by atoms with E-state index in [1.807, 2.05) is 56.3 Å². The Morgan fingerprint density at radius 3 is 2.31 bits per heavy atom. The van der Waals surface area contributed by atoms with E-state index < -0.39 is 17.7 Å². The molecule has 2 aromatic carbocycles. The molecular weight excluding hydrogens is 326 g/mol. The second-order valence-corrected chi connectivity index (χ2v) is 6.62. The first-order chi connectivity index (χ1) is 12.5. The van der Waals surface area contributed by atoms with Crippen molar-refractivity contribution in [3.05, 3.63) is 76.9 Å². The maximum absolute atomic E-state index is 12.7. The third-order valence-electron chi connectivity index (χ3n) is 4.73. The first-order valence-electron chi connectivity index (χ1n) is 8.95. The topological polar surface area (TPSA) is 57.6 Å². The Bertz CT molecular complexity index is 837. The van der Waals surface area contributed by atoms with Crippen LogP contribution in [-0.2, 0) is 9.59 Å². The molecule has 1 atom stereocenters. The number of hydrogen-bond acceptors (Lipinski definition) is 3. The number of carbonyl (C=O) groups is 2. The lowest BCUT2D eigenvalue weighted by atomic mass is 9.95. The van der Waals surface area contributed by atoms with Crippen molar-refractivity contribution in [1.29, 1.82) is 0 Å². The molecule has 1 amide bonds. The Balaban J connectivity index is 2.14. The number of hydrogen-bond donors (Lipinski definition) is 1. The molecule has 3 rings (SSSR count). The van der Waals surface area contributed by atoms with Crippen molar-refractivity contribution in [1.82, 2.24) is 4.90 Å². The number of benzene rings is 2. The number of unbranched alkanes of at least 4 members (excludes halogenated alkanes) is 1. The fourth-order valence-electron chi connectivity index (χ4n) is 3.29. The van der Waals surface area contributed by atoms with Crippen LogP contribution in [0, 0.1) is 6.92 Å². The summed E-state index contributed by atoms with van der Waals surface area (Å²) in [5.74, 6) is -1.27. The lowest BCUT2D eigenvalue weighted by molar-refractivity contribution is -0.139. The van der Waals surface area contributed by atoms with Crippen LogP contribution in [0.15, 0.2) is 60.2 Å². The summed E-state index contributed by atoms with van der Waals surface area (Å²) in [4.78, 5) is 26.9. The Hall–Kier alpha value is -2.88. The predicted octanol–water partition coefficient (Wildman–Crippen LogP) is 4.22. The number of likely N-dealkylation sites (tertiary alicyclic amines) is 1. The normalized spacial score (nSPS) is 19.2. The van der Waals surface area contributed by atoms with Crippen molar-refractivity contribution < 1.29 is 14.7 Å². The lowest BCUT2D eigenvalue weighted by Crippen LogP contribution is -2.30. The molecule has 1 saturated heterocycles. The summed E-state index contributed by atoms with van der Waals surface area (Å²) < 4.78 is 0. The Morgan fingerprint density at radius 2 is 1.69 bits per heavy atom. The van der Waals surface area contributed by atoms with Crippen molar-refractivity contribution in [2.24, 2.45) is 0 Å². The second kappa shape index (κ2) is 7.56. The summed E-state index contributed by atoms with van der Waals surface area (Å²) in [5.41, 5.74) is 2.60. The van der Waals surface area contributed by atoms with E-state index in [1.165, 1.54) is 0 Å². The van der Waals surface area contributed by atoms with Gasteiger partial charge >= 0.3 is 0 Å². The fourth-order valence-corrected chi connectivity index (χ4v) is 3.29. The van der Waals surface area contributed by atoms with Crippen molar-refractivity contribution >= 4 is 17.4 Å². The monoisotopic (exact) mass is 349 g/mol. The van der Waals surface area contributed by atoms with Gasteiger partial charge in [-0.25, -0.2) is 0 Å². The highest BCUT2D eigenvalue weighted by molar-refractivity contribution is 6.46. The Labute approximate surface area is 153 Å². The summed E-state index contributed by atoms with van der Waals surface area (Å²) in [6.45, 7) is 4.49. The van der Waals surface area contributed by atoms with E-state index in [0.717, 1.165) is 24.0 Å². The molecule has 4 heteroatoms. The molecule has 1 heterocycles. The van der Waals surface area contributed by atoms with E-state index in [4.69, 9.17) is 0 Å². The van der Waals surface area contributed by atoms with Gasteiger partial charge in [0.15, 0.2) is 0 Å². The molecule has 2 aromatic rings. The number of aliphatic hydroxyl groups is 1. The molecule has 0 radical (unpaired) electrons. The maximum Gasteiger partial charge on any atom is 0.295 e. The zero-order chi connectivity index (χ0) is 18.7. The van der Waals surface area contributed by atoms with E-state index in [1.54, 1.807) is 17.0 Å². The van der Waals surface area contributed by atoms with Gasteiger partial charge in [0.25, 0.3) is 11.7 Å². The molecule has 0 saturated carbocycles. The minimum atomic E-state index is -0.618. The average Bonchev–Trinajstić information content (AvgIpc) is 2.91. The fraction of sp³-hybridized carbons (Fsp3) is 0.273. The molecule has 0 bridgehead atoms. The van der Waals surface area contributed by atoms with E-state index >= 15 is 0 Å². The van der Waals surface area contributed by atoms with E-state index in [-0.39, 0.29) is 11.3 Å². The third-order valence-corrected chi connectivity index (χ3v) is 4.73. The third kappa shape index (κ3) is 3.27. The SMILES string of the molecule is CCCCN1C(=O)C(=O)/C(=C(/O)c2ccc(C)cc2)C1c1ccccc1. The van der Waals surface area contributed by atoms with Crippen molar-refractivity contribution in [3.8, 4) is 0 Å². The summed E-state index contributed by atoms with van der Waals surface area (Å²) in [5, 5.41) is 10.9. The number of nitrogens with zero attached hydrogens (tertiary/aromatic N) is 1. The van der Waals surface area contributed by atoms with Crippen LogP contribution < -0.4 is 0 Å². The molecule has 134 valence electrons. The average molecular weight is 349 g/mol. The molecule has 1 fully saturated rings. The minimum Gasteiger partial charge on any atom is -0.507 e. The second-order valence-electron chi connectivity index (χ2n) is 6.62. The number of amides is 1. The number of Topliss-reactive ketones (excluding diaryl/α,β-unsaturated/α-hetero) is 1. The maximum atomic E-state index is 12.7. The molecule has 4 nitrogen and oxygen atoms in total. The molecular formula is C22H23NO3. The van der Waals surface area contributed by atoms with Gasteiger partial charge in [-0.05, 0) is 18.9 Å². The molecule has 26 heavy (non-hydrogen) atoms. The smallest absolute Gasteiger partial charge is 0.295 e. The lowest BCUT2D eigenvalue weighted by Gasteiger charge is -2.25. The van der Waals surface area contributed by atoms with Crippen LogP contribution in [0.4, 0.5) is 0 Å². The van der Waals surface area contributed by atoms with Gasteiger partial charge in [-0.3, -0.25) is 9.59 Å².